The number of amides is 1. The molecule has 0 saturated carbocycles. The van der Waals surface area contributed by atoms with Crippen LogP contribution in [0.3, 0.4) is 0 Å². The summed E-state index contributed by atoms with van der Waals surface area (Å²) in [5.74, 6) is -0.801. The summed E-state index contributed by atoms with van der Waals surface area (Å²) in [4.78, 5) is 12.3. The number of carbonyl (C=O) groups is 1. The molecule has 0 aliphatic carbocycles. The summed E-state index contributed by atoms with van der Waals surface area (Å²) in [5.41, 5.74) is 0.948. The van der Waals surface area contributed by atoms with Crippen LogP contribution in [-0.2, 0) is 4.79 Å². The molecular weight excluding hydrogens is 329 g/mol. The molecule has 1 atom stereocenters. The lowest BCUT2D eigenvalue weighted by atomic mass is 10.3. The molecule has 1 heterocycles. The van der Waals surface area contributed by atoms with Crippen LogP contribution in [0.4, 0.5) is 10.1 Å². The largest absolute Gasteiger partial charge is 0.323 e. The van der Waals surface area contributed by atoms with E-state index in [0.29, 0.717) is 5.16 Å². The second kappa shape index (κ2) is 7.22. The minimum absolute atomic E-state index is 0.151. The fourth-order valence-electron chi connectivity index (χ4n) is 1.99. The zero-order valence-electron chi connectivity index (χ0n) is 12.8. The summed E-state index contributed by atoms with van der Waals surface area (Å²) in [5, 5.41) is 14.1. The monoisotopic (exact) mass is 343 g/mol. The van der Waals surface area contributed by atoms with Crippen LogP contribution in [-0.4, -0.2) is 31.4 Å². The van der Waals surface area contributed by atoms with E-state index in [-0.39, 0.29) is 11.6 Å². The number of nitrogens with one attached hydrogen (secondary N) is 1. The first kappa shape index (κ1) is 16.1. The highest BCUT2D eigenvalue weighted by Crippen LogP contribution is 2.24. The van der Waals surface area contributed by atoms with Crippen LogP contribution >= 0.6 is 11.8 Å². The van der Waals surface area contributed by atoms with Crippen molar-refractivity contribution in [2.45, 2.75) is 17.3 Å². The molecular formula is C16H14FN5OS. The number of benzene rings is 2. The number of halogens is 1. The van der Waals surface area contributed by atoms with E-state index in [0.717, 1.165) is 5.69 Å². The standard InChI is InChI=1S/C16H14FN5OS/c1-11(15(23)18-14-10-6-5-9-13(14)17)24-16-19-20-21-22(16)12-7-3-2-4-8-12/h2-11H,1H3,(H,18,23)/t11-/m1/s1. The molecule has 1 amide bonds. The van der Waals surface area contributed by atoms with Gasteiger partial charge in [-0.2, -0.15) is 4.68 Å². The molecule has 0 spiro atoms. The van der Waals surface area contributed by atoms with Crippen LogP contribution in [0, 0.1) is 5.82 Å². The second-order valence-corrected chi connectivity index (χ2v) is 6.25. The highest BCUT2D eigenvalue weighted by molar-refractivity contribution is 8.00. The molecule has 0 radical (unpaired) electrons. The molecule has 0 aliphatic heterocycles. The average molecular weight is 343 g/mol. The van der Waals surface area contributed by atoms with E-state index in [1.807, 2.05) is 30.3 Å². The van der Waals surface area contributed by atoms with Crippen molar-refractivity contribution in [3.05, 3.63) is 60.4 Å². The molecule has 1 N–H and O–H groups in total. The van der Waals surface area contributed by atoms with Gasteiger partial charge in [0.05, 0.1) is 16.6 Å². The molecule has 3 rings (SSSR count). The van der Waals surface area contributed by atoms with Crippen LogP contribution in [0.1, 0.15) is 6.92 Å². The first-order chi connectivity index (χ1) is 11.6. The summed E-state index contributed by atoms with van der Waals surface area (Å²) in [7, 11) is 0. The minimum atomic E-state index is -0.502. The molecule has 0 fully saturated rings. The second-order valence-electron chi connectivity index (χ2n) is 4.94. The summed E-state index contributed by atoms with van der Waals surface area (Å²) in [6, 6.07) is 15.4. The Morgan fingerprint density at radius 3 is 2.62 bits per heavy atom. The fourth-order valence-corrected chi connectivity index (χ4v) is 2.80. The van der Waals surface area contributed by atoms with E-state index in [1.54, 1.807) is 23.7 Å². The third kappa shape index (κ3) is 3.60. The number of anilines is 1. The lowest BCUT2D eigenvalue weighted by Gasteiger charge is -2.12. The first-order valence-corrected chi connectivity index (χ1v) is 8.09. The van der Waals surface area contributed by atoms with Gasteiger partial charge in [-0.15, -0.1) is 5.10 Å². The van der Waals surface area contributed by atoms with Crippen molar-refractivity contribution in [3.63, 3.8) is 0 Å². The molecule has 24 heavy (non-hydrogen) atoms. The summed E-state index contributed by atoms with van der Waals surface area (Å²) in [6.45, 7) is 1.71. The van der Waals surface area contributed by atoms with Crippen molar-refractivity contribution in [2.75, 3.05) is 5.32 Å². The number of rotatable bonds is 5. The smallest absolute Gasteiger partial charge is 0.237 e. The highest BCUT2D eigenvalue weighted by atomic mass is 32.2. The van der Waals surface area contributed by atoms with Crippen LogP contribution in [0.15, 0.2) is 59.8 Å². The number of carbonyl (C=O) groups excluding carboxylic acids is 1. The van der Waals surface area contributed by atoms with Gasteiger partial charge in [0.1, 0.15) is 5.82 Å². The summed E-state index contributed by atoms with van der Waals surface area (Å²) >= 11 is 1.20. The van der Waals surface area contributed by atoms with E-state index in [9.17, 15) is 9.18 Å². The van der Waals surface area contributed by atoms with Gasteiger partial charge in [0.15, 0.2) is 0 Å². The SMILES string of the molecule is C[C@@H](Sc1nnnn1-c1ccccc1)C(=O)Nc1ccccc1F. The van der Waals surface area contributed by atoms with E-state index < -0.39 is 11.1 Å². The summed E-state index contributed by atoms with van der Waals surface area (Å²) < 4.78 is 15.2. The van der Waals surface area contributed by atoms with Gasteiger partial charge in [0.25, 0.3) is 0 Å². The number of para-hydroxylation sites is 2. The zero-order valence-corrected chi connectivity index (χ0v) is 13.6. The van der Waals surface area contributed by atoms with Gasteiger partial charge < -0.3 is 5.32 Å². The summed E-state index contributed by atoms with van der Waals surface area (Å²) in [6.07, 6.45) is 0. The molecule has 8 heteroatoms. The number of hydrogen-bond donors (Lipinski definition) is 1. The Labute approximate surface area is 142 Å². The maximum atomic E-state index is 13.6. The molecule has 1 aromatic heterocycles. The van der Waals surface area contributed by atoms with E-state index in [4.69, 9.17) is 0 Å². The number of aromatic nitrogens is 4. The number of hydrogen-bond acceptors (Lipinski definition) is 5. The van der Waals surface area contributed by atoms with Crippen LogP contribution in [0.5, 0.6) is 0 Å². The quantitative estimate of drug-likeness (QED) is 0.721. The lowest BCUT2D eigenvalue weighted by molar-refractivity contribution is -0.115. The van der Waals surface area contributed by atoms with Gasteiger partial charge in [0, 0.05) is 0 Å². The Balaban J connectivity index is 1.72. The van der Waals surface area contributed by atoms with Gasteiger partial charge in [0.2, 0.25) is 11.1 Å². The lowest BCUT2D eigenvalue weighted by Crippen LogP contribution is -2.23. The normalized spacial score (nSPS) is 11.9. The maximum Gasteiger partial charge on any atom is 0.237 e. The third-order valence-electron chi connectivity index (χ3n) is 3.22. The number of thioether (sulfide) groups is 1. The van der Waals surface area contributed by atoms with Gasteiger partial charge in [-0.3, -0.25) is 4.79 Å². The molecule has 0 unspecified atom stereocenters. The Morgan fingerprint density at radius 1 is 1.17 bits per heavy atom. The van der Waals surface area contributed by atoms with Crippen molar-refractivity contribution in [1.29, 1.82) is 0 Å². The fraction of sp³-hybridized carbons (Fsp3) is 0.125. The van der Waals surface area contributed by atoms with E-state index >= 15 is 0 Å². The molecule has 0 bridgehead atoms. The van der Waals surface area contributed by atoms with Crippen LogP contribution in [0.25, 0.3) is 5.69 Å². The van der Waals surface area contributed by atoms with Gasteiger partial charge >= 0.3 is 0 Å². The van der Waals surface area contributed by atoms with Crippen LogP contribution in [0.2, 0.25) is 0 Å². The Bertz CT molecular complexity index is 839. The molecule has 2 aromatic carbocycles. The molecule has 0 aliphatic rings. The van der Waals surface area contributed by atoms with Crippen molar-refractivity contribution >= 4 is 23.4 Å². The van der Waals surface area contributed by atoms with Crippen LogP contribution < -0.4 is 5.32 Å². The average Bonchev–Trinajstić information content (AvgIpc) is 3.05. The molecule has 122 valence electrons. The minimum Gasteiger partial charge on any atom is -0.323 e. The van der Waals surface area contributed by atoms with Gasteiger partial charge in [-0.1, -0.05) is 42.1 Å². The van der Waals surface area contributed by atoms with Crippen molar-refractivity contribution in [1.82, 2.24) is 20.2 Å². The van der Waals surface area contributed by atoms with E-state index in [1.165, 1.54) is 23.9 Å². The van der Waals surface area contributed by atoms with Gasteiger partial charge in [-0.25, -0.2) is 4.39 Å². The topological polar surface area (TPSA) is 72.7 Å². The Kier molecular flexibility index (Phi) is 4.85. The van der Waals surface area contributed by atoms with Crippen molar-refractivity contribution in [2.24, 2.45) is 0 Å². The van der Waals surface area contributed by atoms with Crippen molar-refractivity contribution in [3.8, 4) is 5.69 Å². The number of nitrogens with zero attached hydrogens (tertiary/aromatic N) is 4. The number of tetrazole rings is 1. The Morgan fingerprint density at radius 2 is 1.88 bits per heavy atom. The van der Waals surface area contributed by atoms with Gasteiger partial charge in [-0.05, 0) is 41.6 Å². The third-order valence-corrected chi connectivity index (χ3v) is 4.26. The van der Waals surface area contributed by atoms with Crippen molar-refractivity contribution < 1.29 is 9.18 Å². The van der Waals surface area contributed by atoms with E-state index in [2.05, 4.69) is 20.8 Å². The first-order valence-electron chi connectivity index (χ1n) is 7.21. The molecule has 0 saturated heterocycles. The predicted molar refractivity (Wildman–Crippen MR) is 89.5 cm³/mol. The highest BCUT2D eigenvalue weighted by Gasteiger charge is 2.20. The maximum absolute atomic E-state index is 13.6. The Hall–Kier alpha value is -2.74. The zero-order chi connectivity index (χ0) is 16.9. The molecule has 3 aromatic rings. The predicted octanol–water partition coefficient (Wildman–Crippen LogP) is 2.92. The molecule has 6 nitrogen and oxygen atoms in total.